The molecule has 0 saturated heterocycles. The second-order valence-electron chi connectivity index (χ2n) is 6.02. The van der Waals surface area contributed by atoms with Gasteiger partial charge in [-0.05, 0) is 48.9 Å². The van der Waals surface area contributed by atoms with Gasteiger partial charge >= 0.3 is 5.97 Å². The summed E-state index contributed by atoms with van der Waals surface area (Å²) in [6.45, 7) is 2.63. The number of carboxylic acids is 1. The van der Waals surface area contributed by atoms with E-state index < -0.39 is 12.6 Å². The molecule has 6 heteroatoms. The van der Waals surface area contributed by atoms with Crippen LogP contribution in [-0.4, -0.2) is 43.0 Å². The van der Waals surface area contributed by atoms with Crippen LogP contribution in [0.2, 0.25) is 0 Å². The molecule has 2 aromatic carbocycles. The van der Waals surface area contributed by atoms with E-state index in [2.05, 4.69) is 0 Å². The molecule has 0 aliphatic rings. The van der Waals surface area contributed by atoms with Gasteiger partial charge in [0.05, 0.1) is 17.8 Å². The van der Waals surface area contributed by atoms with Crippen LogP contribution < -0.4 is 9.47 Å². The van der Waals surface area contributed by atoms with E-state index in [4.69, 9.17) is 24.3 Å². The average molecular weight is 367 g/mol. The van der Waals surface area contributed by atoms with Gasteiger partial charge in [0.1, 0.15) is 18.1 Å². The minimum Gasteiger partial charge on any atom is -0.491 e. The molecule has 140 valence electrons. The van der Waals surface area contributed by atoms with E-state index in [1.165, 1.54) is 0 Å². The average Bonchev–Trinajstić information content (AvgIpc) is 2.67. The first-order valence-electron chi connectivity index (χ1n) is 8.55. The molecular formula is C21H21NO5. The van der Waals surface area contributed by atoms with Gasteiger partial charge < -0.3 is 19.3 Å². The quantitative estimate of drug-likeness (QED) is 0.612. The van der Waals surface area contributed by atoms with Crippen LogP contribution in [0, 0.1) is 6.92 Å². The summed E-state index contributed by atoms with van der Waals surface area (Å²) >= 11 is 0. The molecule has 3 rings (SSSR count). The third-order valence-electron chi connectivity index (χ3n) is 4.06. The molecule has 0 aliphatic heterocycles. The standard InChI is InChI=1S/C21H21NO5/c1-14-11-19(16-5-3-4-6-20(16)27-13-21(23)24)22-18-8-7-15(12-17(14)18)26-10-9-25-2/h3-8,11-12H,9-10,13H2,1-2H3,(H,23,24). The van der Waals surface area contributed by atoms with Gasteiger partial charge in [0, 0.05) is 18.1 Å². The maximum absolute atomic E-state index is 10.8. The van der Waals surface area contributed by atoms with Crippen LogP contribution in [0.3, 0.4) is 0 Å². The number of para-hydroxylation sites is 1. The zero-order valence-corrected chi connectivity index (χ0v) is 15.3. The number of ether oxygens (including phenoxy) is 3. The lowest BCUT2D eigenvalue weighted by molar-refractivity contribution is -0.139. The molecule has 0 radical (unpaired) electrons. The van der Waals surface area contributed by atoms with Gasteiger partial charge in [-0.15, -0.1) is 0 Å². The fourth-order valence-electron chi connectivity index (χ4n) is 2.79. The fraction of sp³-hybridized carbons (Fsp3) is 0.238. The normalized spacial score (nSPS) is 10.7. The van der Waals surface area contributed by atoms with Crippen LogP contribution in [0.5, 0.6) is 11.5 Å². The molecule has 0 bridgehead atoms. The summed E-state index contributed by atoms with van der Waals surface area (Å²) in [5.74, 6) is 0.238. The molecule has 1 aromatic heterocycles. The number of nitrogens with zero attached hydrogens (tertiary/aromatic N) is 1. The lowest BCUT2D eigenvalue weighted by Gasteiger charge is -2.12. The number of hydrogen-bond acceptors (Lipinski definition) is 5. The number of aromatic nitrogens is 1. The Bertz CT molecular complexity index is 954. The molecule has 0 atom stereocenters. The Hall–Kier alpha value is -3.12. The lowest BCUT2D eigenvalue weighted by Crippen LogP contribution is -2.10. The number of benzene rings is 2. The summed E-state index contributed by atoms with van der Waals surface area (Å²) in [6.07, 6.45) is 0. The monoisotopic (exact) mass is 367 g/mol. The van der Waals surface area contributed by atoms with Crippen LogP contribution in [0.4, 0.5) is 0 Å². The highest BCUT2D eigenvalue weighted by Gasteiger charge is 2.12. The summed E-state index contributed by atoms with van der Waals surface area (Å²) in [4.78, 5) is 15.5. The highest BCUT2D eigenvalue weighted by atomic mass is 16.5. The molecule has 0 amide bonds. The van der Waals surface area contributed by atoms with Gasteiger partial charge in [0.15, 0.2) is 6.61 Å². The van der Waals surface area contributed by atoms with Crippen molar-refractivity contribution >= 4 is 16.9 Å². The van der Waals surface area contributed by atoms with Crippen molar-refractivity contribution in [2.24, 2.45) is 0 Å². The minimum atomic E-state index is -1.02. The Labute approximate surface area is 157 Å². The molecular weight excluding hydrogens is 346 g/mol. The van der Waals surface area contributed by atoms with Crippen molar-refractivity contribution in [3.63, 3.8) is 0 Å². The summed E-state index contributed by atoms with van der Waals surface area (Å²) in [5, 5.41) is 9.86. The second-order valence-corrected chi connectivity index (χ2v) is 6.02. The lowest BCUT2D eigenvalue weighted by atomic mass is 10.0. The van der Waals surface area contributed by atoms with Gasteiger partial charge in [0.25, 0.3) is 0 Å². The Morgan fingerprint density at radius 1 is 1.07 bits per heavy atom. The van der Waals surface area contributed by atoms with Crippen molar-refractivity contribution in [1.82, 2.24) is 4.98 Å². The van der Waals surface area contributed by atoms with E-state index in [-0.39, 0.29) is 0 Å². The third kappa shape index (κ3) is 4.54. The molecule has 0 saturated carbocycles. The molecule has 0 fully saturated rings. The van der Waals surface area contributed by atoms with Crippen LogP contribution in [0.25, 0.3) is 22.2 Å². The van der Waals surface area contributed by atoms with Crippen molar-refractivity contribution in [1.29, 1.82) is 0 Å². The first-order valence-corrected chi connectivity index (χ1v) is 8.55. The van der Waals surface area contributed by atoms with E-state index in [0.29, 0.717) is 19.0 Å². The Kier molecular flexibility index (Phi) is 5.88. The molecule has 1 heterocycles. The van der Waals surface area contributed by atoms with Gasteiger partial charge in [-0.2, -0.15) is 0 Å². The molecule has 3 aromatic rings. The largest absolute Gasteiger partial charge is 0.491 e. The zero-order valence-electron chi connectivity index (χ0n) is 15.3. The molecule has 0 aliphatic carbocycles. The fourth-order valence-corrected chi connectivity index (χ4v) is 2.79. The van der Waals surface area contributed by atoms with E-state index in [0.717, 1.165) is 33.5 Å². The van der Waals surface area contributed by atoms with Gasteiger partial charge in [0.2, 0.25) is 0 Å². The predicted octanol–water partition coefficient (Wildman–Crippen LogP) is 3.70. The number of fused-ring (bicyclic) bond motifs is 1. The number of hydrogen-bond donors (Lipinski definition) is 1. The van der Waals surface area contributed by atoms with Gasteiger partial charge in [-0.3, -0.25) is 0 Å². The van der Waals surface area contributed by atoms with Gasteiger partial charge in [-0.1, -0.05) is 12.1 Å². The Morgan fingerprint density at radius 3 is 2.67 bits per heavy atom. The predicted molar refractivity (Wildman–Crippen MR) is 102 cm³/mol. The van der Waals surface area contributed by atoms with Crippen LogP contribution >= 0.6 is 0 Å². The second kappa shape index (κ2) is 8.51. The number of carbonyl (C=O) groups is 1. The minimum absolute atomic E-state index is 0.397. The maximum atomic E-state index is 10.8. The van der Waals surface area contributed by atoms with Crippen LogP contribution in [-0.2, 0) is 9.53 Å². The van der Waals surface area contributed by atoms with Crippen LogP contribution in [0.1, 0.15) is 5.56 Å². The summed E-state index contributed by atoms with van der Waals surface area (Å²) in [7, 11) is 1.64. The number of rotatable bonds is 8. The first kappa shape index (κ1) is 18.7. The van der Waals surface area contributed by atoms with Crippen molar-refractivity contribution in [3.05, 3.63) is 54.1 Å². The Morgan fingerprint density at radius 2 is 1.89 bits per heavy atom. The third-order valence-corrected chi connectivity index (χ3v) is 4.06. The summed E-state index contributed by atoms with van der Waals surface area (Å²) in [5.41, 5.74) is 3.36. The van der Waals surface area contributed by atoms with E-state index >= 15 is 0 Å². The van der Waals surface area contributed by atoms with Crippen molar-refractivity contribution < 1.29 is 24.1 Å². The van der Waals surface area contributed by atoms with Crippen LogP contribution in [0.15, 0.2) is 48.5 Å². The van der Waals surface area contributed by atoms with Gasteiger partial charge in [-0.25, -0.2) is 9.78 Å². The summed E-state index contributed by atoms with van der Waals surface area (Å²) in [6, 6.07) is 15.0. The molecule has 1 N–H and O–H groups in total. The number of aliphatic carboxylic acids is 1. The number of carboxylic acid groups (broad SMARTS) is 1. The highest BCUT2D eigenvalue weighted by Crippen LogP contribution is 2.32. The zero-order chi connectivity index (χ0) is 19.2. The Balaban J connectivity index is 1.95. The number of pyridine rings is 1. The topological polar surface area (TPSA) is 77.9 Å². The van der Waals surface area contributed by atoms with E-state index in [1.54, 1.807) is 19.2 Å². The number of aryl methyl sites for hydroxylation is 1. The highest BCUT2D eigenvalue weighted by molar-refractivity contribution is 5.87. The van der Waals surface area contributed by atoms with Crippen molar-refractivity contribution in [3.8, 4) is 22.8 Å². The SMILES string of the molecule is COCCOc1ccc2nc(-c3ccccc3OCC(=O)O)cc(C)c2c1. The first-order chi connectivity index (χ1) is 13.1. The number of methoxy groups -OCH3 is 1. The molecule has 0 spiro atoms. The van der Waals surface area contributed by atoms with E-state index in [1.807, 2.05) is 43.3 Å². The summed E-state index contributed by atoms with van der Waals surface area (Å²) < 4.78 is 16.1. The maximum Gasteiger partial charge on any atom is 0.341 e. The van der Waals surface area contributed by atoms with Crippen molar-refractivity contribution in [2.75, 3.05) is 26.9 Å². The smallest absolute Gasteiger partial charge is 0.341 e. The molecule has 27 heavy (non-hydrogen) atoms. The molecule has 6 nitrogen and oxygen atoms in total. The molecule has 0 unspecified atom stereocenters. The van der Waals surface area contributed by atoms with E-state index in [9.17, 15) is 4.79 Å². The van der Waals surface area contributed by atoms with Crippen molar-refractivity contribution in [2.45, 2.75) is 6.92 Å².